The van der Waals surface area contributed by atoms with E-state index in [-0.39, 0.29) is 29.2 Å². The van der Waals surface area contributed by atoms with Crippen LogP contribution in [-0.2, 0) is 9.84 Å². The van der Waals surface area contributed by atoms with Crippen LogP contribution in [0.2, 0.25) is 5.02 Å². The van der Waals surface area contributed by atoms with Gasteiger partial charge < -0.3 is 9.32 Å². The molecule has 1 amide bonds. The summed E-state index contributed by atoms with van der Waals surface area (Å²) >= 11 is 5.93. The molecule has 118 valence electrons. The lowest BCUT2D eigenvalue weighted by Gasteiger charge is -2.25. The summed E-state index contributed by atoms with van der Waals surface area (Å²) < 4.78 is 28.8. The summed E-state index contributed by atoms with van der Waals surface area (Å²) in [6.45, 7) is 2.28. The first kappa shape index (κ1) is 15.4. The maximum Gasteiger partial charge on any atom is 0.289 e. The molecule has 2 aromatic rings. The summed E-state index contributed by atoms with van der Waals surface area (Å²) in [5.41, 5.74) is 0.586. The fourth-order valence-corrected chi connectivity index (χ4v) is 4.76. The molecule has 0 saturated carbocycles. The quantitative estimate of drug-likeness (QED) is 0.860. The van der Waals surface area contributed by atoms with Gasteiger partial charge in [0, 0.05) is 23.0 Å². The van der Waals surface area contributed by atoms with Gasteiger partial charge in [-0.25, -0.2) is 8.42 Å². The van der Waals surface area contributed by atoms with Crippen LogP contribution in [0.15, 0.2) is 28.7 Å². The molecule has 0 N–H and O–H groups in total. The van der Waals surface area contributed by atoms with E-state index < -0.39 is 9.84 Å². The summed E-state index contributed by atoms with van der Waals surface area (Å²) in [5, 5.41) is 1.33. The Hall–Kier alpha value is -1.53. The van der Waals surface area contributed by atoms with Crippen LogP contribution in [0, 0.1) is 0 Å². The highest BCUT2D eigenvalue weighted by Crippen LogP contribution is 2.25. The van der Waals surface area contributed by atoms with Crippen LogP contribution in [0.3, 0.4) is 0 Å². The molecule has 1 aromatic carbocycles. The third-order valence-corrected chi connectivity index (χ3v) is 5.93. The molecular formula is C15H16ClNO4S. The minimum atomic E-state index is -3.04. The second kappa shape index (κ2) is 5.59. The summed E-state index contributed by atoms with van der Waals surface area (Å²) in [5.74, 6) is 0.0934. The van der Waals surface area contributed by atoms with Crippen LogP contribution in [0.4, 0.5) is 0 Å². The van der Waals surface area contributed by atoms with E-state index in [1.807, 2.05) is 6.92 Å². The van der Waals surface area contributed by atoms with Crippen molar-refractivity contribution in [2.24, 2.45) is 0 Å². The molecule has 1 unspecified atom stereocenters. The molecule has 2 heterocycles. The van der Waals surface area contributed by atoms with Crippen molar-refractivity contribution < 1.29 is 17.6 Å². The summed E-state index contributed by atoms with van der Waals surface area (Å²) in [4.78, 5) is 14.2. The Balaban J connectivity index is 1.90. The van der Waals surface area contributed by atoms with Gasteiger partial charge in [0.2, 0.25) is 0 Å². The number of hydrogen-bond donors (Lipinski definition) is 0. The second-order valence-electron chi connectivity index (χ2n) is 5.44. The minimum absolute atomic E-state index is 0.0264. The molecule has 1 fully saturated rings. The number of carbonyl (C=O) groups excluding carboxylic acids is 1. The van der Waals surface area contributed by atoms with Crippen LogP contribution in [0.25, 0.3) is 11.0 Å². The van der Waals surface area contributed by atoms with Gasteiger partial charge in [-0.1, -0.05) is 11.6 Å². The number of amides is 1. The van der Waals surface area contributed by atoms with Gasteiger partial charge in [0.15, 0.2) is 15.6 Å². The van der Waals surface area contributed by atoms with E-state index in [9.17, 15) is 13.2 Å². The van der Waals surface area contributed by atoms with Gasteiger partial charge >= 0.3 is 0 Å². The van der Waals surface area contributed by atoms with Crippen molar-refractivity contribution in [3.05, 3.63) is 35.0 Å². The third-order valence-electron chi connectivity index (χ3n) is 3.94. The molecule has 0 bridgehead atoms. The standard InChI is InChI=1S/C15H16ClNO4S/c1-2-17(12-5-6-22(19,20)9-12)15(18)14-8-10-7-11(16)3-4-13(10)21-14/h3-4,7-8,12H,2,5-6,9H2,1H3. The van der Waals surface area contributed by atoms with E-state index in [0.29, 0.717) is 23.6 Å². The molecule has 1 saturated heterocycles. The molecule has 7 heteroatoms. The summed E-state index contributed by atoms with van der Waals surface area (Å²) in [6, 6.07) is 6.51. The predicted octanol–water partition coefficient (Wildman–Crippen LogP) is 2.74. The van der Waals surface area contributed by atoms with Gasteiger partial charge in [0.25, 0.3) is 5.91 Å². The highest BCUT2D eigenvalue weighted by atomic mass is 35.5. The molecule has 0 aliphatic carbocycles. The molecule has 3 rings (SSSR count). The van der Waals surface area contributed by atoms with E-state index in [4.69, 9.17) is 16.0 Å². The molecular weight excluding hydrogens is 326 g/mol. The van der Waals surface area contributed by atoms with Crippen molar-refractivity contribution in [1.82, 2.24) is 4.90 Å². The Morgan fingerprint density at radius 1 is 1.41 bits per heavy atom. The molecule has 1 aliphatic heterocycles. The lowest BCUT2D eigenvalue weighted by atomic mass is 10.2. The zero-order valence-electron chi connectivity index (χ0n) is 12.1. The topological polar surface area (TPSA) is 67.6 Å². The SMILES string of the molecule is CCN(C(=O)c1cc2cc(Cl)ccc2o1)C1CCS(=O)(=O)C1. The molecule has 1 aliphatic rings. The Bertz CT molecular complexity index is 827. The summed E-state index contributed by atoms with van der Waals surface area (Å²) in [6.07, 6.45) is 0.480. The highest BCUT2D eigenvalue weighted by molar-refractivity contribution is 7.91. The minimum Gasteiger partial charge on any atom is -0.451 e. The number of hydrogen-bond acceptors (Lipinski definition) is 4. The monoisotopic (exact) mass is 341 g/mol. The van der Waals surface area contributed by atoms with Gasteiger partial charge in [0.05, 0.1) is 11.5 Å². The molecule has 1 aromatic heterocycles. The van der Waals surface area contributed by atoms with Crippen molar-refractivity contribution in [2.75, 3.05) is 18.1 Å². The number of benzene rings is 1. The Labute approximate surface area is 133 Å². The normalized spacial score (nSPS) is 20.4. The first-order valence-electron chi connectivity index (χ1n) is 7.10. The number of carbonyl (C=O) groups is 1. The number of fused-ring (bicyclic) bond motifs is 1. The average Bonchev–Trinajstić information content (AvgIpc) is 3.02. The molecule has 1 atom stereocenters. The number of furan rings is 1. The fourth-order valence-electron chi connectivity index (χ4n) is 2.85. The van der Waals surface area contributed by atoms with E-state index in [0.717, 1.165) is 5.39 Å². The molecule has 0 spiro atoms. The zero-order valence-corrected chi connectivity index (χ0v) is 13.7. The number of rotatable bonds is 3. The van der Waals surface area contributed by atoms with E-state index >= 15 is 0 Å². The van der Waals surface area contributed by atoms with Crippen molar-refractivity contribution in [2.45, 2.75) is 19.4 Å². The van der Waals surface area contributed by atoms with Crippen LogP contribution in [0.1, 0.15) is 23.9 Å². The molecule has 5 nitrogen and oxygen atoms in total. The Kier molecular flexibility index (Phi) is 3.91. The second-order valence-corrected chi connectivity index (χ2v) is 8.11. The predicted molar refractivity (Wildman–Crippen MR) is 85.0 cm³/mol. The largest absolute Gasteiger partial charge is 0.451 e. The summed E-state index contributed by atoms with van der Waals surface area (Å²) in [7, 11) is -3.04. The van der Waals surface area contributed by atoms with Crippen molar-refractivity contribution in [1.29, 1.82) is 0 Å². The van der Waals surface area contributed by atoms with Crippen molar-refractivity contribution in [3.8, 4) is 0 Å². The number of sulfone groups is 1. The van der Waals surface area contributed by atoms with Crippen molar-refractivity contribution >= 4 is 38.3 Å². The van der Waals surface area contributed by atoms with E-state index in [2.05, 4.69) is 0 Å². The van der Waals surface area contributed by atoms with Gasteiger partial charge in [-0.3, -0.25) is 4.79 Å². The van der Waals surface area contributed by atoms with Gasteiger partial charge in [-0.2, -0.15) is 0 Å². The van der Waals surface area contributed by atoms with Crippen LogP contribution >= 0.6 is 11.6 Å². The van der Waals surface area contributed by atoms with Crippen LogP contribution in [-0.4, -0.2) is 43.3 Å². The number of nitrogens with zero attached hydrogens (tertiary/aromatic N) is 1. The van der Waals surface area contributed by atoms with Crippen LogP contribution in [0.5, 0.6) is 0 Å². The Morgan fingerprint density at radius 3 is 2.82 bits per heavy atom. The molecule has 0 radical (unpaired) electrons. The Morgan fingerprint density at radius 2 is 2.18 bits per heavy atom. The molecule has 22 heavy (non-hydrogen) atoms. The van der Waals surface area contributed by atoms with Crippen molar-refractivity contribution in [3.63, 3.8) is 0 Å². The fraction of sp³-hybridized carbons (Fsp3) is 0.400. The van der Waals surface area contributed by atoms with Gasteiger partial charge in [0.1, 0.15) is 5.58 Å². The first-order chi connectivity index (χ1) is 10.4. The van der Waals surface area contributed by atoms with E-state index in [1.165, 1.54) is 0 Å². The first-order valence-corrected chi connectivity index (χ1v) is 9.30. The zero-order chi connectivity index (χ0) is 15.9. The highest BCUT2D eigenvalue weighted by Gasteiger charge is 2.35. The maximum absolute atomic E-state index is 12.6. The van der Waals surface area contributed by atoms with Gasteiger partial charge in [-0.15, -0.1) is 0 Å². The van der Waals surface area contributed by atoms with Gasteiger partial charge in [-0.05, 0) is 37.6 Å². The van der Waals surface area contributed by atoms with E-state index in [1.54, 1.807) is 29.2 Å². The lowest BCUT2D eigenvalue weighted by Crippen LogP contribution is -2.40. The van der Waals surface area contributed by atoms with Crippen LogP contribution < -0.4 is 0 Å². The number of halogens is 1. The third kappa shape index (κ3) is 2.85. The smallest absolute Gasteiger partial charge is 0.289 e. The maximum atomic E-state index is 12.6. The average molecular weight is 342 g/mol. The lowest BCUT2D eigenvalue weighted by molar-refractivity contribution is 0.0678.